The molecule has 46 heavy (non-hydrogen) atoms. The van der Waals surface area contributed by atoms with E-state index >= 15 is 0 Å². The number of aliphatic hydroxyl groups excluding tert-OH is 1. The Morgan fingerprint density at radius 1 is 0.870 bits per heavy atom. The lowest BCUT2D eigenvalue weighted by Gasteiger charge is -2.34. The van der Waals surface area contributed by atoms with Gasteiger partial charge in [0.25, 0.3) is 0 Å². The van der Waals surface area contributed by atoms with Crippen LogP contribution in [0.4, 0.5) is 4.79 Å². The van der Waals surface area contributed by atoms with Crippen molar-refractivity contribution in [1.82, 2.24) is 26.1 Å². The number of nitrogens with zero attached hydrogens (tertiary/aromatic N) is 2. The van der Waals surface area contributed by atoms with Gasteiger partial charge in [0.15, 0.2) is 0 Å². The lowest BCUT2D eigenvalue weighted by molar-refractivity contribution is -0.130. The number of amides is 3. The van der Waals surface area contributed by atoms with Crippen LogP contribution in [0.1, 0.15) is 59.1 Å². The standard InChI is InChI=1S/C36H49N5O5/c1-35(2,3)22-31(43)40-41(23-26-16-18-27(19-17-26)28-15-11-12-20-37-28)24-30(42)29(21-25-13-9-8-10-14-25)38-33(44)32(36(4,5)6)39-34(45)46-7/h8-20,29-30,32,42H,21-24H2,1-7H3,(H,38,44)(H,39,45)(H,40,43). The Labute approximate surface area is 272 Å². The number of carbonyl (C=O) groups excluding carboxylic acids is 3. The van der Waals surface area contributed by atoms with Gasteiger partial charge in [0.05, 0.1) is 24.9 Å². The number of hydrazine groups is 1. The number of pyridine rings is 1. The van der Waals surface area contributed by atoms with Crippen LogP contribution in [-0.2, 0) is 27.3 Å². The van der Waals surface area contributed by atoms with Crippen LogP contribution in [0, 0.1) is 10.8 Å². The highest BCUT2D eigenvalue weighted by molar-refractivity contribution is 5.86. The van der Waals surface area contributed by atoms with Gasteiger partial charge in [-0.25, -0.2) is 9.80 Å². The molecule has 0 aliphatic heterocycles. The van der Waals surface area contributed by atoms with E-state index in [-0.39, 0.29) is 24.3 Å². The summed E-state index contributed by atoms with van der Waals surface area (Å²) in [4.78, 5) is 43.2. The number of aliphatic hydroxyl groups is 1. The predicted octanol–water partition coefficient (Wildman–Crippen LogP) is 4.88. The van der Waals surface area contributed by atoms with Gasteiger partial charge in [0.1, 0.15) is 6.04 Å². The van der Waals surface area contributed by atoms with E-state index in [4.69, 9.17) is 4.74 Å². The molecule has 0 radical (unpaired) electrons. The lowest BCUT2D eigenvalue weighted by atomic mass is 9.85. The van der Waals surface area contributed by atoms with Gasteiger partial charge < -0.3 is 20.5 Å². The van der Waals surface area contributed by atoms with Gasteiger partial charge in [0, 0.05) is 31.3 Å². The zero-order valence-corrected chi connectivity index (χ0v) is 28.0. The number of carbonyl (C=O) groups is 3. The van der Waals surface area contributed by atoms with Crippen molar-refractivity contribution in [3.8, 4) is 11.3 Å². The minimum absolute atomic E-state index is 0.0280. The molecule has 4 N–H and O–H groups in total. The van der Waals surface area contributed by atoms with Gasteiger partial charge in [-0.15, -0.1) is 0 Å². The van der Waals surface area contributed by atoms with Crippen LogP contribution >= 0.6 is 0 Å². The van der Waals surface area contributed by atoms with Crippen molar-refractivity contribution in [2.75, 3.05) is 13.7 Å². The molecule has 1 aromatic heterocycles. The molecule has 2 aromatic carbocycles. The second-order valence-electron chi connectivity index (χ2n) is 13.9. The molecule has 3 atom stereocenters. The van der Waals surface area contributed by atoms with Gasteiger partial charge in [-0.2, -0.15) is 0 Å². The smallest absolute Gasteiger partial charge is 0.407 e. The third kappa shape index (κ3) is 11.9. The van der Waals surface area contributed by atoms with Crippen LogP contribution in [-0.4, -0.2) is 64.8 Å². The summed E-state index contributed by atoms with van der Waals surface area (Å²) in [6.07, 6.45) is 0.541. The monoisotopic (exact) mass is 631 g/mol. The summed E-state index contributed by atoms with van der Waals surface area (Å²) in [5.74, 6) is -0.630. The van der Waals surface area contributed by atoms with E-state index in [1.54, 1.807) is 11.2 Å². The summed E-state index contributed by atoms with van der Waals surface area (Å²) in [6, 6.07) is 21.5. The van der Waals surface area contributed by atoms with E-state index in [1.807, 2.05) is 114 Å². The Morgan fingerprint density at radius 2 is 1.52 bits per heavy atom. The molecule has 3 rings (SSSR count). The fraction of sp³-hybridized carbons (Fsp3) is 0.444. The van der Waals surface area contributed by atoms with Crippen LogP contribution in [0.5, 0.6) is 0 Å². The summed E-state index contributed by atoms with van der Waals surface area (Å²) in [6.45, 7) is 11.8. The normalized spacial score (nSPS) is 13.8. The summed E-state index contributed by atoms with van der Waals surface area (Å²) in [5.41, 5.74) is 5.76. The number of nitrogens with one attached hydrogen (secondary N) is 3. The second kappa shape index (κ2) is 16.3. The Balaban J connectivity index is 1.87. The molecule has 0 bridgehead atoms. The van der Waals surface area contributed by atoms with Gasteiger partial charge in [-0.1, -0.05) is 102 Å². The Morgan fingerprint density at radius 3 is 2.09 bits per heavy atom. The number of rotatable bonds is 13. The number of ether oxygens (including phenoxy) is 1. The molecule has 3 aromatic rings. The fourth-order valence-corrected chi connectivity index (χ4v) is 5.00. The fourth-order valence-electron chi connectivity index (χ4n) is 5.00. The van der Waals surface area contributed by atoms with Gasteiger partial charge >= 0.3 is 6.09 Å². The summed E-state index contributed by atoms with van der Waals surface area (Å²) in [5, 5.41) is 19.0. The van der Waals surface area contributed by atoms with Crippen LogP contribution in [0.25, 0.3) is 11.3 Å². The highest BCUT2D eigenvalue weighted by Gasteiger charge is 2.36. The Kier molecular flexibility index (Phi) is 12.8. The maximum absolute atomic E-state index is 13.6. The maximum atomic E-state index is 13.6. The highest BCUT2D eigenvalue weighted by atomic mass is 16.5. The Hall–Kier alpha value is -4.28. The first-order valence-corrected chi connectivity index (χ1v) is 15.6. The predicted molar refractivity (Wildman–Crippen MR) is 179 cm³/mol. The van der Waals surface area contributed by atoms with Gasteiger partial charge in [0.2, 0.25) is 11.8 Å². The first kappa shape index (κ1) is 36.2. The molecule has 1 heterocycles. The van der Waals surface area contributed by atoms with Crippen LogP contribution < -0.4 is 16.1 Å². The van der Waals surface area contributed by atoms with Crippen molar-refractivity contribution in [1.29, 1.82) is 0 Å². The number of hydrogen-bond acceptors (Lipinski definition) is 7. The topological polar surface area (TPSA) is 133 Å². The average Bonchev–Trinajstić information content (AvgIpc) is 2.99. The first-order chi connectivity index (χ1) is 21.6. The highest BCUT2D eigenvalue weighted by Crippen LogP contribution is 2.22. The zero-order valence-electron chi connectivity index (χ0n) is 28.0. The molecule has 3 unspecified atom stereocenters. The van der Waals surface area contributed by atoms with E-state index in [0.717, 1.165) is 22.4 Å². The number of alkyl carbamates (subject to hydrolysis) is 1. The molecule has 0 fully saturated rings. The number of benzene rings is 2. The van der Waals surface area contributed by atoms with E-state index in [1.165, 1.54) is 7.11 Å². The van der Waals surface area contributed by atoms with E-state index in [2.05, 4.69) is 21.0 Å². The minimum Gasteiger partial charge on any atom is -0.453 e. The third-order valence-electron chi connectivity index (χ3n) is 7.34. The first-order valence-electron chi connectivity index (χ1n) is 15.6. The van der Waals surface area contributed by atoms with Crippen molar-refractivity contribution < 1.29 is 24.2 Å². The van der Waals surface area contributed by atoms with Crippen molar-refractivity contribution in [3.63, 3.8) is 0 Å². The number of hydrogen-bond donors (Lipinski definition) is 4. The molecule has 0 spiro atoms. The van der Waals surface area contributed by atoms with Crippen molar-refractivity contribution in [2.45, 2.75) is 79.1 Å². The third-order valence-corrected chi connectivity index (χ3v) is 7.34. The second-order valence-corrected chi connectivity index (χ2v) is 13.9. The molecule has 10 nitrogen and oxygen atoms in total. The lowest BCUT2D eigenvalue weighted by Crippen LogP contribution is -2.59. The quantitative estimate of drug-likeness (QED) is 0.198. The SMILES string of the molecule is COC(=O)NC(C(=O)NC(Cc1ccccc1)C(O)CN(Cc1ccc(-c2ccccn2)cc1)NC(=O)CC(C)(C)C)C(C)(C)C. The van der Waals surface area contributed by atoms with Gasteiger partial charge in [-0.05, 0) is 40.5 Å². The zero-order chi connectivity index (χ0) is 33.9. The molecule has 248 valence electrons. The van der Waals surface area contributed by atoms with Crippen molar-refractivity contribution in [2.24, 2.45) is 10.8 Å². The molecule has 3 amide bonds. The van der Waals surface area contributed by atoms with Crippen molar-refractivity contribution in [3.05, 3.63) is 90.1 Å². The maximum Gasteiger partial charge on any atom is 0.407 e. The van der Waals surface area contributed by atoms with E-state index in [0.29, 0.717) is 13.0 Å². The molecule has 0 aliphatic carbocycles. The molecular formula is C36H49N5O5. The summed E-state index contributed by atoms with van der Waals surface area (Å²) < 4.78 is 4.76. The number of methoxy groups -OCH3 is 1. The molecule has 0 saturated heterocycles. The van der Waals surface area contributed by atoms with Gasteiger partial charge in [-0.3, -0.25) is 20.0 Å². The van der Waals surface area contributed by atoms with E-state index in [9.17, 15) is 19.5 Å². The molecule has 0 aliphatic rings. The van der Waals surface area contributed by atoms with E-state index < -0.39 is 35.6 Å². The Bertz CT molecular complexity index is 1400. The van der Waals surface area contributed by atoms with Crippen LogP contribution in [0.2, 0.25) is 0 Å². The minimum atomic E-state index is -1.09. The molecule has 0 saturated carbocycles. The summed E-state index contributed by atoms with van der Waals surface area (Å²) in [7, 11) is 1.24. The molecule has 10 heteroatoms. The number of aromatic nitrogens is 1. The average molecular weight is 632 g/mol. The molecular weight excluding hydrogens is 582 g/mol. The largest absolute Gasteiger partial charge is 0.453 e. The summed E-state index contributed by atoms with van der Waals surface area (Å²) >= 11 is 0. The van der Waals surface area contributed by atoms with Crippen LogP contribution in [0.15, 0.2) is 79.0 Å². The van der Waals surface area contributed by atoms with Crippen molar-refractivity contribution >= 4 is 17.9 Å². The van der Waals surface area contributed by atoms with Crippen LogP contribution in [0.3, 0.4) is 0 Å².